The molecule has 0 aliphatic carbocycles. The summed E-state index contributed by atoms with van der Waals surface area (Å²) in [6.07, 6.45) is -0.0786. The summed E-state index contributed by atoms with van der Waals surface area (Å²) in [4.78, 5) is 13.2. The van der Waals surface area contributed by atoms with Crippen molar-refractivity contribution in [1.82, 2.24) is 10.2 Å². The molecule has 0 radical (unpaired) electrons. The molecule has 0 unspecified atom stereocenters. The van der Waals surface area contributed by atoms with Crippen molar-refractivity contribution in [3.63, 3.8) is 0 Å². The lowest BCUT2D eigenvalue weighted by Gasteiger charge is -2.36. The number of carbonyl (C=O) groups excluding carboxylic acids is 1. The summed E-state index contributed by atoms with van der Waals surface area (Å²) >= 11 is 12.0. The predicted molar refractivity (Wildman–Crippen MR) is 89.5 cm³/mol. The van der Waals surface area contributed by atoms with Crippen LogP contribution >= 0.6 is 23.2 Å². The second-order valence-electron chi connectivity index (χ2n) is 5.93. The number of hydrogen-bond donors (Lipinski definition) is 1. The molecule has 1 saturated heterocycles. The van der Waals surface area contributed by atoms with Gasteiger partial charge in [0.25, 0.3) is 0 Å². The lowest BCUT2D eigenvalue weighted by atomic mass is 10.1. The molecule has 1 aromatic carbocycles. The van der Waals surface area contributed by atoms with Gasteiger partial charge in [-0.25, -0.2) is 9.18 Å². The normalized spacial score (nSPS) is 23.0. The van der Waals surface area contributed by atoms with E-state index in [0.717, 1.165) is 0 Å². The third kappa shape index (κ3) is 4.72. The van der Waals surface area contributed by atoms with Gasteiger partial charge in [-0.1, -0.05) is 12.1 Å². The number of alkyl halides is 2. The van der Waals surface area contributed by atoms with E-state index in [1.807, 2.05) is 13.8 Å². The van der Waals surface area contributed by atoms with Gasteiger partial charge in [-0.2, -0.15) is 0 Å². The van der Waals surface area contributed by atoms with Crippen LogP contribution in [0, 0.1) is 12.7 Å². The molecule has 7 heteroatoms. The number of ether oxygens (including phenoxy) is 1. The molecule has 1 aliphatic heterocycles. The smallest absolute Gasteiger partial charge is 0.318 e. The van der Waals surface area contributed by atoms with E-state index >= 15 is 0 Å². The first kappa shape index (κ1) is 18.3. The fourth-order valence-corrected chi connectivity index (χ4v) is 3.08. The molecule has 0 bridgehead atoms. The minimum absolute atomic E-state index is 0.0393. The Morgan fingerprint density at radius 1 is 1.35 bits per heavy atom. The lowest BCUT2D eigenvalue weighted by molar-refractivity contribution is -0.0547. The third-order valence-electron chi connectivity index (χ3n) is 3.79. The van der Waals surface area contributed by atoms with Crippen LogP contribution in [0.15, 0.2) is 18.2 Å². The third-order valence-corrected chi connectivity index (χ3v) is 4.30. The first-order valence-corrected chi connectivity index (χ1v) is 8.40. The molecule has 3 atom stereocenters. The zero-order chi connectivity index (χ0) is 17.1. The Labute approximate surface area is 145 Å². The van der Waals surface area contributed by atoms with Gasteiger partial charge in [0.05, 0.1) is 18.2 Å². The van der Waals surface area contributed by atoms with Crippen molar-refractivity contribution in [1.29, 1.82) is 0 Å². The van der Waals surface area contributed by atoms with Gasteiger partial charge in [0.15, 0.2) is 0 Å². The van der Waals surface area contributed by atoms with Crippen LogP contribution in [-0.2, 0) is 4.74 Å². The molecule has 4 nitrogen and oxygen atoms in total. The Balaban J connectivity index is 2.12. The van der Waals surface area contributed by atoms with Gasteiger partial charge in [-0.05, 0) is 38.0 Å². The van der Waals surface area contributed by atoms with E-state index in [1.165, 1.54) is 6.07 Å². The Bertz CT molecular complexity index is 561. The van der Waals surface area contributed by atoms with Crippen LogP contribution < -0.4 is 5.32 Å². The summed E-state index contributed by atoms with van der Waals surface area (Å²) in [5.41, 5.74) is 1.06. The highest BCUT2D eigenvalue weighted by molar-refractivity contribution is 6.44. The molecule has 1 N–H and O–H groups in total. The van der Waals surface area contributed by atoms with Crippen LogP contribution in [0.2, 0.25) is 0 Å². The standard InChI is InChI=1S/C16H21Cl2FN2O2/c1-9-4-5-12(6-13(9)19)14(15(17)18)20-16(22)21-7-10(2)23-11(3)8-21/h4-6,10-11,14-15H,7-8H2,1-3H3,(H,20,22)/t10-,11-,14+/m1/s1. The van der Waals surface area contributed by atoms with Crippen molar-refractivity contribution in [2.45, 2.75) is 43.9 Å². The Hall–Kier alpha value is -1.04. The summed E-state index contributed by atoms with van der Waals surface area (Å²) in [6, 6.07) is 3.73. The second-order valence-corrected chi connectivity index (χ2v) is 7.10. The molecule has 2 amide bonds. The van der Waals surface area contributed by atoms with Crippen LogP contribution in [0.1, 0.15) is 31.0 Å². The molecule has 1 heterocycles. The maximum atomic E-state index is 13.8. The number of nitrogens with zero attached hydrogens (tertiary/aromatic N) is 1. The fourth-order valence-electron chi connectivity index (χ4n) is 2.66. The van der Waals surface area contributed by atoms with Gasteiger partial charge in [0, 0.05) is 13.1 Å². The first-order chi connectivity index (χ1) is 10.8. The van der Waals surface area contributed by atoms with Crippen molar-refractivity contribution >= 4 is 29.2 Å². The van der Waals surface area contributed by atoms with Gasteiger partial charge in [-0.3, -0.25) is 0 Å². The highest BCUT2D eigenvalue weighted by Gasteiger charge is 2.29. The number of nitrogens with one attached hydrogen (secondary N) is 1. The van der Waals surface area contributed by atoms with Crippen LogP contribution in [0.4, 0.5) is 9.18 Å². The van der Waals surface area contributed by atoms with E-state index in [-0.39, 0.29) is 24.1 Å². The SMILES string of the molecule is Cc1ccc([C@H](NC(=O)N2C[C@@H](C)O[C@H](C)C2)C(Cl)Cl)cc1F. The van der Waals surface area contributed by atoms with Crippen LogP contribution in [0.25, 0.3) is 0 Å². The molecule has 0 saturated carbocycles. The molecule has 128 valence electrons. The molecule has 0 spiro atoms. The number of amides is 2. The first-order valence-electron chi connectivity index (χ1n) is 7.53. The quantitative estimate of drug-likeness (QED) is 0.830. The number of aryl methyl sites for hydroxylation is 1. The van der Waals surface area contributed by atoms with E-state index in [9.17, 15) is 9.18 Å². The number of hydrogen-bond acceptors (Lipinski definition) is 2. The molecule has 2 rings (SSSR count). The summed E-state index contributed by atoms with van der Waals surface area (Å²) in [5, 5.41) is 2.79. The maximum Gasteiger partial charge on any atom is 0.318 e. The highest BCUT2D eigenvalue weighted by Crippen LogP contribution is 2.26. The van der Waals surface area contributed by atoms with Gasteiger partial charge in [-0.15, -0.1) is 23.2 Å². The van der Waals surface area contributed by atoms with Gasteiger partial charge >= 0.3 is 6.03 Å². The number of rotatable bonds is 3. The van der Waals surface area contributed by atoms with Crippen LogP contribution in [-0.4, -0.2) is 41.1 Å². The predicted octanol–water partition coefficient (Wildman–Crippen LogP) is 3.80. The second kappa shape index (κ2) is 7.69. The fraction of sp³-hybridized carbons (Fsp3) is 0.562. The van der Waals surface area contributed by atoms with Crippen molar-refractivity contribution in [2.24, 2.45) is 0 Å². The van der Waals surface area contributed by atoms with Crippen molar-refractivity contribution < 1.29 is 13.9 Å². The largest absolute Gasteiger partial charge is 0.372 e. The van der Waals surface area contributed by atoms with Crippen molar-refractivity contribution in [3.8, 4) is 0 Å². The number of urea groups is 1. The van der Waals surface area contributed by atoms with Gasteiger partial charge in [0.1, 0.15) is 10.7 Å². The van der Waals surface area contributed by atoms with Crippen LogP contribution in [0.5, 0.6) is 0 Å². The van der Waals surface area contributed by atoms with Crippen molar-refractivity contribution in [3.05, 3.63) is 35.1 Å². The minimum Gasteiger partial charge on any atom is -0.372 e. The Morgan fingerprint density at radius 3 is 2.48 bits per heavy atom. The molecule has 0 aromatic heterocycles. The van der Waals surface area contributed by atoms with E-state index in [4.69, 9.17) is 27.9 Å². The number of benzene rings is 1. The summed E-state index contributed by atoms with van der Waals surface area (Å²) in [5.74, 6) is -0.357. The molecule has 1 aromatic rings. The molecular weight excluding hydrogens is 342 g/mol. The minimum atomic E-state index is -0.892. The molecule has 23 heavy (non-hydrogen) atoms. The summed E-state index contributed by atoms with van der Waals surface area (Å²) in [6.45, 7) is 6.46. The molecule has 1 aliphatic rings. The van der Waals surface area contributed by atoms with E-state index < -0.39 is 10.9 Å². The van der Waals surface area contributed by atoms with Gasteiger partial charge in [0.2, 0.25) is 0 Å². The Kier molecular flexibility index (Phi) is 6.12. The maximum absolute atomic E-state index is 13.8. The lowest BCUT2D eigenvalue weighted by Crippen LogP contribution is -2.52. The molecular formula is C16H21Cl2FN2O2. The topological polar surface area (TPSA) is 41.6 Å². The summed E-state index contributed by atoms with van der Waals surface area (Å²) in [7, 11) is 0. The molecule has 1 fully saturated rings. The number of morpholine rings is 1. The van der Waals surface area contributed by atoms with E-state index in [0.29, 0.717) is 24.2 Å². The average molecular weight is 363 g/mol. The van der Waals surface area contributed by atoms with Crippen molar-refractivity contribution in [2.75, 3.05) is 13.1 Å². The Morgan fingerprint density at radius 2 is 1.96 bits per heavy atom. The average Bonchev–Trinajstić information content (AvgIpc) is 2.46. The zero-order valence-corrected chi connectivity index (χ0v) is 14.9. The van der Waals surface area contributed by atoms with E-state index in [2.05, 4.69) is 5.32 Å². The highest BCUT2D eigenvalue weighted by atomic mass is 35.5. The number of carbonyl (C=O) groups is 1. The van der Waals surface area contributed by atoms with Crippen LogP contribution in [0.3, 0.4) is 0 Å². The van der Waals surface area contributed by atoms with Gasteiger partial charge < -0.3 is 15.0 Å². The number of halogens is 3. The van der Waals surface area contributed by atoms with E-state index in [1.54, 1.807) is 24.0 Å². The zero-order valence-electron chi connectivity index (χ0n) is 13.4. The monoisotopic (exact) mass is 362 g/mol. The summed E-state index contributed by atoms with van der Waals surface area (Å²) < 4.78 is 19.4.